The van der Waals surface area contributed by atoms with E-state index in [-0.39, 0.29) is 36.4 Å². The van der Waals surface area contributed by atoms with E-state index in [0.717, 1.165) is 5.56 Å². The van der Waals surface area contributed by atoms with Crippen molar-refractivity contribution in [3.8, 4) is 0 Å². The molecule has 0 amide bonds. The van der Waals surface area contributed by atoms with Crippen LogP contribution in [0.5, 0.6) is 0 Å². The first-order chi connectivity index (χ1) is 9.22. The molecule has 0 bridgehead atoms. The van der Waals surface area contributed by atoms with E-state index in [2.05, 4.69) is 4.74 Å². The van der Waals surface area contributed by atoms with Gasteiger partial charge in [0.15, 0.2) is 6.23 Å². The summed E-state index contributed by atoms with van der Waals surface area (Å²) in [5.41, 5.74) is 1.14. The molecule has 5 nitrogen and oxygen atoms in total. The molecule has 1 saturated heterocycles. The minimum atomic E-state index is -0.536. The Morgan fingerprint density at radius 3 is 2.75 bits per heavy atom. The summed E-state index contributed by atoms with van der Waals surface area (Å²) in [6.45, 7) is 0.450. The van der Waals surface area contributed by atoms with Crippen LogP contribution in [0.25, 0.3) is 0 Å². The fraction of sp³-hybridized carbons (Fsp3) is 0.357. The van der Waals surface area contributed by atoms with Crippen molar-refractivity contribution >= 4 is 5.97 Å². The number of fused-ring (bicyclic) bond motifs is 1. The van der Waals surface area contributed by atoms with Gasteiger partial charge in [0.25, 0.3) is 0 Å². The van der Waals surface area contributed by atoms with Crippen LogP contribution < -0.4 is 24.0 Å². The maximum Gasteiger partial charge on any atom is 1.00 e. The molecule has 0 radical (unpaired) electrons. The van der Waals surface area contributed by atoms with Crippen molar-refractivity contribution in [1.29, 1.82) is 0 Å². The van der Waals surface area contributed by atoms with Gasteiger partial charge in [0.05, 0.1) is 19.8 Å². The van der Waals surface area contributed by atoms with Crippen molar-refractivity contribution in [3.63, 3.8) is 0 Å². The summed E-state index contributed by atoms with van der Waals surface area (Å²) < 4.78 is 10.3. The Morgan fingerprint density at radius 1 is 1.40 bits per heavy atom. The minimum Gasteiger partial charge on any atom is -0.860 e. The Kier molecular flexibility index (Phi) is 4.44. The number of benzene rings is 1. The molecular weight excluding hydrogens is 253 g/mol. The van der Waals surface area contributed by atoms with Crippen molar-refractivity contribution in [2.45, 2.75) is 18.7 Å². The summed E-state index contributed by atoms with van der Waals surface area (Å²) in [4.78, 5) is 13.2. The van der Waals surface area contributed by atoms with Gasteiger partial charge in [-0.3, -0.25) is 0 Å². The van der Waals surface area contributed by atoms with Gasteiger partial charge < -0.3 is 19.5 Å². The number of rotatable bonds is 2. The van der Waals surface area contributed by atoms with Crippen molar-refractivity contribution in [2.24, 2.45) is 0 Å². The third-order valence-corrected chi connectivity index (χ3v) is 3.54. The Labute approximate surface area is 129 Å². The van der Waals surface area contributed by atoms with Gasteiger partial charge in [0.2, 0.25) is 0 Å². The van der Waals surface area contributed by atoms with E-state index in [1.165, 1.54) is 7.11 Å². The number of carbonyl (C=O) groups excluding carboxylic acids is 1. The molecule has 2 heterocycles. The zero-order chi connectivity index (χ0) is 13.4. The van der Waals surface area contributed by atoms with Crippen molar-refractivity contribution in [2.75, 3.05) is 13.7 Å². The molecule has 0 unspecified atom stereocenters. The van der Waals surface area contributed by atoms with Gasteiger partial charge in [-0.25, -0.2) is 4.79 Å². The van der Waals surface area contributed by atoms with Crippen LogP contribution >= 0.6 is 0 Å². The molecule has 0 saturated carbocycles. The maximum atomic E-state index is 12.3. The Bertz CT molecular complexity index is 531. The van der Waals surface area contributed by atoms with Gasteiger partial charge >= 0.3 is 24.8 Å². The van der Waals surface area contributed by atoms with Crippen molar-refractivity contribution in [1.82, 2.24) is 4.90 Å². The van der Waals surface area contributed by atoms with Crippen molar-refractivity contribution < 1.29 is 38.2 Å². The summed E-state index contributed by atoms with van der Waals surface area (Å²) in [6.07, 6.45) is -0.00433. The number of esters is 1. The molecule has 0 spiro atoms. The average Bonchev–Trinajstić information content (AvgIpc) is 3.00. The first kappa shape index (κ1) is 15.0. The topological polar surface area (TPSA) is 61.8 Å². The smallest absolute Gasteiger partial charge is 0.860 e. The molecule has 3 rings (SSSR count). The van der Waals surface area contributed by atoms with Crippen LogP contribution in [0.4, 0.5) is 0 Å². The molecule has 1 aromatic carbocycles. The standard InChI is InChI=1S/C14H15NO4.Li/c1-18-14(17)11-7-10-8-19-13(15(10)12(11)16)9-5-3-2-4-6-9;/h2-6,10,13,16H,7-8H2,1H3;/q;+1/p-1/t10-,13+;/m1./s1. The van der Waals surface area contributed by atoms with Crippen LogP contribution in [-0.4, -0.2) is 30.6 Å². The number of nitrogens with zero attached hydrogens (tertiary/aromatic N) is 1. The van der Waals surface area contributed by atoms with E-state index < -0.39 is 12.2 Å². The Hall–Kier alpha value is -1.41. The number of methoxy groups -OCH3 is 1. The first-order valence-electron chi connectivity index (χ1n) is 6.15. The second-order valence-electron chi connectivity index (χ2n) is 4.64. The van der Waals surface area contributed by atoms with Gasteiger partial charge in [-0.15, -0.1) is 0 Å². The van der Waals surface area contributed by atoms with Crippen LogP contribution in [0, 0.1) is 0 Å². The summed E-state index contributed by atoms with van der Waals surface area (Å²) in [5.74, 6) is -0.811. The second kappa shape index (κ2) is 5.92. The normalized spacial score (nSPS) is 24.4. The molecule has 2 aliphatic rings. The third kappa shape index (κ3) is 2.33. The molecule has 2 atom stereocenters. The van der Waals surface area contributed by atoms with E-state index in [4.69, 9.17) is 4.74 Å². The Morgan fingerprint density at radius 2 is 2.10 bits per heavy atom. The average molecular weight is 267 g/mol. The minimum absolute atomic E-state index is 0. The fourth-order valence-corrected chi connectivity index (χ4v) is 2.63. The summed E-state index contributed by atoms with van der Waals surface area (Å²) in [5, 5.41) is 12.3. The van der Waals surface area contributed by atoms with Crippen molar-refractivity contribution in [3.05, 3.63) is 47.4 Å². The van der Waals surface area contributed by atoms with Gasteiger partial charge in [0, 0.05) is 17.6 Å². The zero-order valence-electron chi connectivity index (χ0n) is 11.5. The predicted molar refractivity (Wildman–Crippen MR) is 64.4 cm³/mol. The quantitative estimate of drug-likeness (QED) is 0.439. The predicted octanol–water partition coefficient (Wildman–Crippen LogP) is -2.46. The number of ether oxygens (including phenoxy) is 2. The van der Waals surface area contributed by atoms with E-state index >= 15 is 0 Å². The van der Waals surface area contributed by atoms with Crippen LogP contribution in [0.2, 0.25) is 0 Å². The van der Waals surface area contributed by atoms with Gasteiger partial charge in [0.1, 0.15) is 0 Å². The first-order valence-corrected chi connectivity index (χ1v) is 6.15. The molecule has 100 valence electrons. The molecule has 1 aromatic rings. The second-order valence-corrected chi connectivity index (χ2v) is 4.64. The molecule has 20 heavy (non-hydrogen) atoms. The van der Waals surface area contributed by atoms with Gasteiger partial charge in [-0.05, 0) is 5.88 Å². The Balaban J connectivity index is 0.00000147. The monoisotopic (exact) mass is 267 g/mol. The van der Waals surface area contributed by atoms with E-state index in [1.54, 1.807) is 4.90 Å². The molecule has 0 aliphatic carbocycles. The van der Waals surface area contributed by atoms with Crippen LogP contribution in [-0.2, 0) is 14.3 Å². The molecule has 0 aromatic heterocycles. The molecule has 1 fully saturated rings. The summed E-state index contributed by atoms with van der Waals surface area (Å²) in [6, 6.07) is 9.47. The van der Waals surface area contributed by atoms with E-state index in [9.17, 15) is 9.90 Å². The van der Waals surface area contributed by atoms with Crippen LogP contribution in [0.3, 0.4) is 0 Å². The fourth-order valence-electron chi connectivity index (χ4n) is 2.63. The van der Waals surface area contributed by atoms with Crippen LogP contribution in [0.15, 0.2) is 41.8 Å². The largest absolute Gasteiger partial charge is 1.00 e. The summed E-state index contributed by atoms with van der Waals surface area (Å²) in [7, 11) is 1.29. The molecular formula is C14H14LiNO4. The van der Waals surface area contributed by atoms with E-state index in [0.29, 0.717) is 13.0 Å². The third-order valence-electron chi connectivity index (χ3n) is 3.54. The number of hydrogen-bond acceptors (Lipinski definition) is 5. The van der Waals surface area contributed by atoms with Gasteiger partial charge in [-0.1, -0.05) is 30.3 Å². The summed E-state index contributed by atoms with van der Waals surface area (Å²) >= 11 is 0. The SMILES string of the molecule is COC(=O)C1=C([O-])N2[C@@H](CO[C@H]2c2ccccc2)C1.[Li+]. The zero-order valence-corrected chi connectivity index (χ0v) is 11.5. The van der Waals surface area contributed by atoms with Gasteiger partial charge in [-0.2, -0.15) is 0 Å². The van der Waals surface area contributed by atoms with Crippen LogP contribution in [0.1, 0.15) is 18.2 Å². The number of hydrogen-bond donors (Lipinski definition) is 0. The number of carbonyl (C=O) groups is 1. The van der Waals surface area contributed by atoms with E-state index in [1.807, 2.05) is 30.3 Å². The molecule has 0 N–H and O–H groups in total. The maximum absolute atomic E-state index is 12.3. The molecule has 6 heteroatoms. The molecule has 2 aliphatic heterocycles.